The van der Waals surface area contributed by atoms with E-state index >= 15 is 0 Å². The van der Waals surface area contributed by atoms with Crippen molar-refractivity contribution >= 4 is 5.97 Å². The van der Waals surface area contributed by atoms with E-state index < -0.39 is 18.7 Å². The van der Waals surface area contributed by atoms with Gasteiger partial charge in [0.15, 0.2) is 6.10 Å². The molecule has 0 aliphatic carbocycles. The van der Waals surface area contributed by atoms with Crippen molar-refractivity contribution < 1.29 is 19.7 Å². The quantitative estimate of drug-likeness (QED) is 0.442. The summed E-state index contributed by atoms with van der Waals surface area (Å²) in [5.41, 5.74) is 0. The van der Waals surface area contributed by atoms with Gasteiger partial charge in [-0.2, -0.15) is 0 Å². The fourth-order valence-electron chi connectivity index (χ4n) is 1.80. The van der Waals surface area contributed by atoms with Gasteiger partial charge in [-0.25, -0.2) is 4.79 Å². The number of aliphatic hydroxyl groups is 2. The molecular weight excluding hydrogens is 232 g/mol. The van der Waals surface area contributed by atoms with Gasteiger partial charge in [0.25, 0.3) is 0 Å². The Hall–Kier alpha value is -0.610. The molecule has 0 aromatic heterocycles. The van der Waals surface area contributed by atoms with Crippen molar-refractivity contribution in [3.8, 4) is 0 Å². The Bertz CT molecular complexity index is 206. The molecule has 4 nitrogen and oxygen atoms in total. The average molecular weight is 260 g/mol. The van der Waals surface area contributed by atoms with Crippen molar-refractivity contribution in [2.24, 2.45) is 0 Å². The molecule has 18 heavy (non-hydrogen) atoms. The highest BCUT2D eigenvalue weighted by Gasteiger charge is 2.17. The van der Waals surface area contributed by atoms with E-state index in [1.54, 1.807) is 0 Å². The summed E-state index contributed by atoms with van der Waals surface area (Å²) in [7, 11) is 0. The highest BCUT2D eigenvalue weighted by molar-refractivity contribution is 5.74. The summed E-state index contributed by atoms with van der Waals surface area (Å²) in [6.07, 6.45) is 7.83. The number of rotatable bonds is 11. The van der Waals surface area contributed by atoms with Gasteiger partial charge in [0.2, 0.25) is 0 Å². The first-order chi connectivity index (χ1) is 8.61. The van der Waals surface area contributed by atoms with Gasteiger partial charge in [0, 0.05) is 0 Å². The highest BCUT2D eigenvalue weighted by atomic mass is 16.6. The molecule has 0 heterocycles. The number of carbonyl (C=O) groups excluding carboxylic acids is 1. The Kier molecular flexibility index (Phi) is 11.1. The molecule has 0 spiro atoms. The van der Waals surface area contributed by atoms with Crippen molar-refractivity contribution in [3.05, 3.63) is 0 Å². The molecule has 0 saturated heterocycles. The molecule has 0 aliphatic rings. The maximum absolute atomic E-state index is 11.2. The van der Waals surface area contributed by atoms with Crippen LogP contribution in [0.15, 0.2) is 0 Å². The number of ether oxygens (including phenoxy) is 1. The number of carbonyl (C=O) groups is 1. The van der Waals surface area contributed by atoms with Gasteiger partial charge < -0.3 is 14.9 Å². The van der Waals surface area contributed by atoms with E-state index in [9.17, 15) is 4.79 Å². The van der Waals surface area contributed by atoms with Crippen LogP contribution in [0.1, 0.15) is 65.2 Å². The van der Waals surface area contributed by atoms with Crippen LogP contribution in [0.5, 0.6) is 0 Å². The Labute approximate surface area is 110 Å². The molecule has 2 atom stereocenters. The number of unbranched alkanes of at least 4 members (excludes halogenated alkanes) is 6. The van der Waals surface area contributed by atoms with Crippen LogP contribution in [-0.2, 0) is 9.53 Å². The standard InChI is InChI=1S/C14H28O4/c1-3-4-5-6-7-8-9-10-12(2)18-14(17)13(16)11-15/h12-13,15-16H,3-11H2,1-2H3. The molecular formula is C14H28O4. The summed E-state index contributed by atoms with van der Waals surface area (Å²) in [5, 5.41) is 17.6. The smallest absolute Gasteiger partial charge is 0.337 e. The van der Waals surface area contributed by atoms with Crippen LogP contribution >= 0.6 is 0 Å². The van der Waals surface area contributed by atoms with Crippen molar-refractivity contribution in [1.82, 2.24) is 0 Å². The van der Waals surface area contributed by atoms with Crippen molar-refractivity contribution in [2.45, 2.75) is 77.4 Å². The third-order valence-corrected chi connectivity index (χ3v) is 2.98. The molecule has 0 aromatic rings. The van der Waals surface area contributed by atoms with Crippen LogP contribution in [0.4, 0.5) is 0 Å². The zero-order valence-electron chi connectivity index (χ0n) is 11.7. The lowest BCUT2D eigenvalue weighted by molar-refractivity contribution is -0.160. The molecule has 0 bridgehead atoms. The van der Waals surface area contributed by atoms with Gasteiger partial charge in [0.05, 0.1) is 12.7 Å². The zero-order valence-corrected chi connectivity index (χ0v) is 11.7. The van der Waals surface area contributed by atoms with Gasteiger partial charge in [-0.05, 0) is 19.8 Å². The molecule has 4 heteroatoms. The Morgan fingerprint density at radius 3 is 2.22 bits per heavy atom. The summed E-state index contributed by atoms with van der Waals surface area (Å²) in [5.74, 6) is -0.729. The van der Waals surface area contributed by atoms with Crippen LogP contribution in [0.3, 0.4) is 0 Å². The van der Waals surface area contributed by atoms with E-state index in [-0.39, 0.29) is 6.10 Å². The number of hydrogen-bond acceptors (Lipinski definition) is 4. The van der Waals surface area contributed by atoms with E-state index in [1.165, 1.54) is 32.1 Å². The second kappa shape index (κ2) is 11.5. The first kappa shape index (κ1) is 17.4. The second-order valence-electron chi connectivity index (χ2n) is 4.86. The van der Waals surface area contributed by atoms with Crippen LogP contribution in [0, 0.1) is 0 Å². The van der Waals surface area contributed by atoms with Crippen molar-refractivity contribution in [3.63, 3.8) is 0 Å². The van der Waals surface area contributed by atoms with Gasteiger partial charge >= 0.3 is 5.97 Å². The summed E-state index contributed by atoms with van der Waals surface area (Å²) in [6, 6.07) is 0. The van der Waals surface area contributed by atoms with Crippen LogP contribution < -0.4 is 0 Å². The third kappa shape index (κ3) is 9.42. The molecule has 0 aromatic carbocycles. The minimum absolute atomic E-state index is 0.186. The number of esters is 1. The predicted octanol–water partition coefficient (Wildman–Crippen LogP) is 2.41. The fraction of sp³-hybridized carbons (Fsp3) is 0.929. The summed E-state index contributed by atoms with van der Waals surface area (Å²) >= 11 is 0. The average Bonchev–Trinajstić information content (AvgIpc) is 2.36. The largest absolute Gasteiger partial charge is 0.461 e. The van der Waals surface area contributed by atoms with E-state index in [2.05, 4.69) is 6.92 Å². The lowest BCUT2D eigenvalue weighted by atomic mass is 10.1. The Balaban J connectivity index is 3.42. The molecule has 108 valence electrons. The summed E-state index contributed by atoms with van der Waals surface area (Å²) in [6.45, 7) is 3.44. The van der Waals surface area contributed by atoms with Gasteiger partial charge in [0.1, 0.15) is 0 Å². The van der Waals surface area contributed by atoms with Gasteiger partial charge in [-0.1, -0.05) is 45.4 Å². The maximum Gasteiger partial charge on any atom is 0.337 e. The Morgan fingerprint density at radius 2 is 1.67 bits per heavy atom. The maximum atomic E-state index is 11.2. The molecule has 0 rings (SSSR count). The first-order valence-corrected chi connectivity index (χ1v) is 7.11. The van der Waals surface area contributed by atoms with Crippen LogP contribution in [0.25, 0.3) is 0 Å². The molecule has 2 N–H and O–H groups in total. The van der Waals surface area contributed by atoms with Gasteiger partial charge in [-0.15, -0.1) is 0 Å². The number of aliphatic hydroxyl groups excluding tert-OH is 2. The minimum Gasteiger partial charge on any atom is -0.461 e. The predicted molar refractivity (Wildman–Crippen MR) is 71.3 cm³/mol. The first-order valence-electron chi connectivity index (χ1n) is 7.11. The zero-order chi connectivity index (χ0) is 13.8. The van der Waals surface area contributed by atoms with Gasteiger partial charge in [-0.3, -0.25) is 0 Å². The number of hydrogen-bond donors (Lipinski definition) is 2. The molecule has 0 fully saturated rings. The second-order valence-corrected chi connectivity index (χ2v) is 4.86. The van der Waals surface area contributed by atoms with E-state index in [0.717, 1.165) is 19.3 Å². The topological polar surface area (TPSA) is 66.8 Å². The highest BCUT2D eigenvalue weighted by Crippen LogP contribution is 2.11. The van der Waals surface area contributed by atoms with E-state index in [0.29, 0.717) is 0 Å². The van der Waals surface area contributed by atoms with Crippen molar-refractivity contribution in [1.29, 1.82) is 0 Å². The third-order valence-electron chi connectivity index (χ3n) is 2.98. The molecule has 0 saturated carbocycles. The minimum atomic E-state index is -1.40. The summed E-state index contributed by atoms with van der Waals surface area (Å²) in [4.78, 5) is 11.2. The van der Waals surface area contributed by atoms with Crippen LogP contribution in [0.2, 0.25) is 0 Å². The lowest BCUT2D eigenvalue weighted by Crippen LogP contribution is -2.29. The van der Waals surface area contributed by atoms with Crippen molar-refractivity contribution in [2.75, 3.05) is 6.61 Å². The van der Waals surface area contributed by atoms with Crippen LogP contribution in [-0.4, -0.2) is 35.0 Å². The monoisotopic (exact) mass is 260 g/mol. The molecule has 0 radical (unpaired) electrons. The van der Waals surface area contributed by atoms with E-state index in [1.807, 2.05) is 6.92 Å². The molecule has 2 unspecified atom stereocenters. The lowest BCUT2D eigenvalue weighted by Gasteiger charge is -2.15. The summed E-state index contributed by atoms with van der Waals surface area (Å²) < 4.78 is 5.00. The van der Waals surface area contributed by atoms with E-state index in [4.69, 9.17) is 14.9 Å². The Morgan fingerprint density at radius 1 is 1.11 bits per heavy atom. The fourth-order valence-corrected chi connectivity index (χ4v) is 1.80. The SMILES string of the molecule is CCCCCCCCCC(C)OC(=O)C(O)CO. The normalized spacial score (nSPS) is 14.2. The molecule has 0 aliphatic heterocycles. The molecule has 0 amide bonds.